The Balaban J connectivity index is 1.67. The zero-order chi connectivity index (χ0) is 21.6. The molecular formula is C21H21NO8. The van der Waals surface area contributed by atoms with E-state index in [1.165, 1.54) is 7.11 Å². The molecule has 1 aromatic carbocycles. The summed E-state index contributed by atoms with van der Waals surface area (Å²) in [5.41, 5.74) is -0.872. The van der Waals surface area contributed by atoms with Gasteiger partial charge in [0.2, 0.25) is 11.8 Å². The normalized spacial score (nSPS) is 28.8. The second-order valence-electron chi connectivity index (χ2n) is 7.42. The Labute approximate surface area is 172 Å². The molecule has 2 bridgehead atoms. The number of likely N-dealkylation sites (tertiary alicyclic amines) is 1. The van der Waals surface area contributed by atoms with E-state index in [0.717, 1.165) is 18.7 Å². The molecule has 0 aliphatic carbocycles. The molecule has 4 rings (SSSR count). The van der Waals surface area contributed by atoms with E-state index in [1.54, 1.807) is 36.4 Å². The van der Waals surface area contributed by atoms with E-state index >= 15 is 0 Å². The van der Waals surface area contributed by atoms with Gasteiger partial charge in [-0.15, -0.1) is 0 Å². The Kier molecular flexibility index (Phi) is 4.85. The van der Waals surface area contributed by atoms with Crippen molar-refractivity contribution in [3.63, 3.8) is 0 Å². The number of fused-ring (bicyclic) bond motifs is 5. The lowest BCUT2D eigenvalue weighted by Gasteiger charge is -2.34. The summed E-state index contributed by atoms with van der Waals surface area (Å²) in [6.07, 6.45) is 1.03. The number of carbonyl (C=O) groups excluding carboxylic acids is 4. The minimum absolute atomic E-state index is 0.0310. The van der Waals surface area contributed by atoms with Gasteiger partial charge < -0.3 is 18.9 Å². The fourth-order valence-corrected chi connectivity index (χ4v) is 4.44. The molecular weight excluding hydrogens is 394 g/mol. The molecule has 3 aliphatic heterocycles. The Morgan fingerprint density at radius 3 is 2.43 bits per heavy atom. The van der Waals surface area contributed by atoms with Crippen LogP contribution in [0.5, 0.6) is 5.75 Å². The van der Waals surface area contributed by atoms with Crippen LogP contribution in [0.2, 0.25) is 0 Å². The highest BCUT2D eigenvalue weighted by molar-refractivity contribution is 6.07. The second-order valence-corrected chi connectivity index (χ2v) is 7.42. The third-order valence-electron chi connectivity index (χ3n) is 5.60. The summed E-state index contributed by atoms with van der Waals surface area (Å²) in [4.78, 5) is 50.9. The molecule has 1 aromatic rings. The van der Waals surface area contributed by atoms with E-state index in [2.05, 4.69) is 0 Å². The number of methoxy groups -OCH3 is 1. The smallest absolute Gasteiger partial charge is 0.305 e. The lowest BCUT2D eigenvalue weighted by molar-refractivity contribution is -0.227. The van der Waals surface area contributed by atoms with E-state index in [4.69, 9.17) is 18.9 Å². The summed E-state index contributed by atoms with van der Waals surface area (Å²) < 4.78 is 21.6. The van der Waals surface area contributed by atoms with Crippen molar-refractivity contribution in [1.82, 2.24) is 4.90 Å². The van der Waals surface area contributed by atoms with Crippen LogP contribution in [-0.2, 0) is 39.9 Å². The summed E-state index contributed by atoms with van der Waals surface area (Å²) >= 11 is 0. The number of hydrogen-bond acceptors (Lipinski definition) is 8. The molecule has 30 heavy (non-hydrogen) atoms. The van der Waals surface area contributed by atoms with Crippen molar-refractivity contribution in [1.29, 1.82) is 0 Å². The molecule has 2 amide bonds. The number of para-hydroxylation sites is 1. The summed E-state index contributed by atoms with van der Waals surface area (Å²) in [5, 5.41) is 0. The summed E-state index contributed by atoms with van der Waals surface area (Å²) in [6, 6.07) is 7.10. The number of imide groups is 1. The minimum atomic E-state index is -1.55. The average Bonchev–Trinajstić information content (AvgIpc) is 3.34. The van der Waals surface area contributed by atoms with Crippen LogP contribution in [-0.4, -0.2) is 53.8 Å². The van der Waals surface area contributed by atoms with Crippen molar-refractivity contribution >= 4 is 23.8 Å². The van der Waals surface area contributed by atoms with Crippen molar-refractivity contribution in [2.45, 2.75) is 38.4 Å². The lowest BCUT2D eigenvalue weighted by Crippen LogP contribution is -2.52. The molecule has 4 atom stereocenters. The third kappa shape index (κ3) is 2.97. The van der Waals surface area contributed by atoms with Crippen LogP contribution in [0.25, 0.3) is 0 Å². The third-order valence-corrected chi connectivity index (χ3v) is 5.60. The molecule has 0 spiro atoms. The first-order valence-electron chi connectivity index (χ1n) is 9.47. The highest BCUT2D eigenvalue weighted by Gasteiger charge is 2.71. The van der Waals surface area contributed by atoms with Gasteiger partial charge in [-0.25, -0.2) is 0 Å². The van der Waals surface area contributed by atoms with Crippen LogP contribution >= 0.6 is 0 Å². The first-order valence-corrected chi connectivity index (χ1v) is 9.47. The predicted molar refractivity (Wildman–Crippen MR) is 99.6 cm³/mol. The second kappa shape index (κ2) is 7.24. The standard InChI is InChI=1S/C21H21NO8/c1-11(23)28-20(29-12(2)24)21-9-8-15(30-21)16-17(21)19(26)22(18(16)25)10-13-6-4-5-7-14(13)27-3/h4-9,15-17,20H,10H2,1-3H3/t15-,16+,17+,21-/m1/s1. The SMILES string of the molecule is COc1ccccc1CN1C(=O)[C@@H]2[C@@H](C1=O)[C@@]1(C(OC(C)=O)OC(C)=O)C=C[C@H]2O1. The van der Waals surface area contributed by atoms with Gasteiger partial charge in [0.25, 0.3) is 6.29 Å². The molecule has 2 fully saturated rings. The van der Waals surface area contributed by atoms with Crippen molar-refractivity contribution in [2.75, 3.05) is 7.11 Å². The summed E-state index contributed by atoms with van der Waals surface area (Å²) in [6.45, 7) is 2.35. The molecule has 0 N–H and O–H groups in total. The largest absolute Gasteiger partial charge is 0.496 e. The van der Waals surface area contributed by atoms with Gasteiger partial charge in [-0.1, -0.05) is 24.3 Å². The van der Waals surface area contributed by atoms with Gasteiger partial charge in [-0.3, -0.25) is 24.1 Å². The van der Waals surface area contributed by atoms with Gasteiger partial charge in [-0.05, 0) is 12.1 Å². The van der Waals surface area contributed by atoms with Crippen molar-refractivity contribution in [3.8, 4) is 5.75 Å². The Morgan fingerprint density at radius 1 is 1.13 bits per heavy atom. The molecule has 2 saturated heterocycles. The minimum Gasteiger partial charge on any atom is -0.496 e. The fraction of sp³-hybridized carbons (Fsp3) is 0.429. The van der Waals surface area contributed by atoms with E-state index in [0.29, 0.717) is 11.3 Å². The van der Waals surface area contributed by atoms with Gasteiger partial charge >= 0.3 is 11.9 Å². The first kappa shape index (κ1) is 20.1. The van der Waals surface area contributed by atoms with Crippen LogP contribution in [0.3, 0.4) is 0 Å². The number of esters is 2. The van der Waals surface area contributed by atoms with Crippen LogP contribution in [0.15, 0.2) is 36.4 Å². The number of nitrogens with zero attached hydrogens (tertiary/aromatic N) is 1. The molecule has 0 radical (unpaired) electrons. The van der Waals surface area contributed by atoms with E-state index < -0.39 is 53.6 Å². The van der Waals surface area contributed by atoms with Gasteiger partial charge in [0.05, 0.1) is 31.6 Å². The molecule has 9 heteroatoms. The maximum absolute atomic E-state index is 13.3. The van der Waals surface area contributed by atoms with E-state index in [1.807, 2.05) is 0 Å². The molecule has 158 valence electrons. The van der Waals surface area contributed by atoms with Crippen molar-refractivity contribution < 1.29 is 38.1 Å². The van der Waals surface area contributed by atoms with Gasteiger partial charge in [-0.2, -0.15) is 0 Å². The number of ether oxygens (including phenoxy) is 4. The van der Waals surface area contributed by atoms with Gasteiger partial charge in [0.15, 0.2) is 5.60 Å². The molecule has 3 heterocycles. The van der Waals surface area contributed by atoms with Crippen LogP contribution < -0.4 is 4.74 Å². The monoisotopic (exact) mass is 415 g/mol. The van der Waals surface area contributed by atoms with Gasteiger partial charge in [0, 0.05) is 19.4 Å². The van der Waals surface area contributed by atoms with Gasteiger partial charge in [0.1, 0.15) is 5.75 Å². The lowest BCUT2D eigenvalue weighted by atomic mass is 9.76. The molecule has 9 nitrogen and oxygen atoms in total. The highest BCUT2D eigenvalue weighted by Crippen LogP contribution is 2.54. The Hall–Kier alpha value is -3.20. The Morgan fingerprint density at radius 2 is 1.80 bits per heavy atom. The molecule has 0 saturated carbocycles. The highest BCUT2D eigenvalue weighted by atomic mass is 16.7. The number of carbonyl (C=O) groups is 4. The average molecular weight is 415 g/mol. The maximum atomic E-state index is 13.3. The van der Waals surface area contributed by atoms with E-state index in [9.17, 15) is 19.2 Å². The zero-order valence-corrected chi connectivity index (χ0v) is 16.7. The number of hydrogen-bond donors (Lipinski definition) is 0. The fourth-order valence-electron chi connectivity index (χ4n) is 4.44. The molecule has 3 aliphatic rings. The van der Waals surface area contributed by atoms with Crippen LogP contribution in [0.4, 0.5) is 0 Å². The topological polar surface area (TPSA) is 108 Å². The predicted octanol–water partition coefficient (Wildman–Crippen LogP) is 0.956. The van der Waals surface area contributed by atoms with Crippen LogP contribution in [0.1, 0.15) is 19.4 Å². The zero-order valence-electron chi connectivity index (χ0n) is 16.7. The summed E-state index contributed by atoms with van der Waals surface area (Å²) in [7, 11) is 1.51. The Bertz CT molecular complexity index is 940. The number of benzene rings is 1. The maximum Gasteiger partial charge on any atom is 0.305 e. The van der Waals surface area contributed by atoms with Crippen molar-refractivity contribution in [2.24, 2.45) is 11.8 Å². The molecule has 0 unspecified atom stereocenters. The van der Waals surface area contributed by atoms with E-state index in [-0.39, 0.29) is 6.54 Å². The molecule has 0 aromatic heterocycles. The first-order chi connectivity index (χ1) is 14.3. The summed E-state index contributed by atoms with van der Waals surface area (Å²) in [5.74, 6) is -3.49. The van der Waals surface area contributed by atoms with Crippen molar-refractivity contribution in [3.05, 3.63) is 42.0 Å². The number of rotatable bonds is 6. The number of amides is 2. The van der Waals surface area contributed by atoms with Crippen LogP contribution in [0, 0.1) is 11.8 Å². The quantitative estimate of drug-likeness (QED) is 0.293.